The van der Waals surface area contributed by atoms with E-state index in [9.17, 15) is 9.18 Å². The minimum absolute atomic E-state index is 0.140. The van der Waals surface area contributed by atoms with E-state index >= 15 is 0 Å². The summed E-state index contributed by atoms with van der Waals surface area (Å²) >= 11 is 0. The molecule has 0 unspecified atom stereocenters. The maximum Gasteiger partial charge on any atom is 0.317 e. The molecule has 0 radical (unpaired) electrons. The fourth-order valence-corrected chi connectivity index (χ4v) is 2.99. The van der Waals surface area contributed by atoms with Crippen molar-refractivity contribution in [1.82, 2.24) is 10.2 Å². The molecule has 126 valence electrons. The number of anilines is 1. The van der Waals surface area contributed by atoms with Crippen molar-refractivity contribution in [3.8, 4) is 0 Å². The Hall–Kier alpha value is -2.56. The van der Waals surface area contributed by atoms with Crippen LogP contribution in [0.15, 0.2) is 54.6 Å². The first-order valence-electron chi connectivity index (χ1n) is 8.25. The van der Waals surface area contributed by atoms with Gasteiger partial charge in [0.2, 0.25) is 0 Å². The van der Waals surface area contributed by atoms with E-state index in [0.717, 1.165) is 13.1 Å². The number of nitrogens with one attached hydrogen (secondary N) is 1. The molecule has 2 aromatic rings. The zero-order valence-corrected chi connectivity index (χ0v) is 13.8. The molecule has 1 atom stereocenters. The average molecular weight is 327 g/mol. The fourth-order valence-electron chi connectivity index (χ4n) is 2.99. The number of halogens is 1. The smallest absolute Gasteiger partial charge is 0.317 e. The van der Waals surface area contributed by atoms with Crippen molar-refractivity contribution in [2.24, 2.45) is 0 Å². The van der Waals surface area contributed by atoms with Crippen molar-refractivity contribution in [3.63, 3.8) is 0 Å². The number of carbonyl (C=O) groups excluding carboxylic acids is 1. The van der Waals surface area contributed by atoms with E-state index in [0.29, 0.717) is 18.7 Å². The molecule has 1 aliphatic rings. The molecule has 0 saturated carbocycles. The molecule has 1 heterocycles. The Labute approximate surface area is 141 Å². The summed E-state index contributed by atoms with van der Waals surface area (Å²) in [5, 5.41) is 2.89. The van der Waals surface area contributed by atoms with Gasteiger partial charge in [0, 0.05) is 37.4 Å². The van der Waals surface area contributed by atoms with E-state index in [2.05, 4.69) is 22.3 Å². The molecule has 1 N–H and O–H groups in total. The van der Waals surface area contributed by atoms with Gasteiger partial charge >= 0.3 is 6.03 Å². The third-order valence-corrected chi connectivity index (χ3v) is 4.40. The minimum atomic E-state index is -0.356. The van der Waals surface area contributed by atoms with Gasteiger partial charge in [0.25, 0.3) is 0 Å². The lowest BCUT2D eigenvalue weighted by molar-refractivity contribution is 0.191. The predicted octanol–water partition coefficient (Wildman–Crippen LogP) is 3.42. The minimum Gasteiger partial charge on any atom is -0.368 e. The van der Waals surface area contributed by atoms with Gasteiger partial charge in [0.05, 0.1) is 6.04 Å². The zero-order chi connectivity index (χ0) is 16.9. The first-order valence-corrected chi connectivity index (χ1v) is 8.25. The number of para-hydroxylation sites is 1. The zero-order valence-electron chi connectivity index (χ0n) is 13.8. The lowest BCUT2D eigenvalue weighted by atomic mass is 10.1. The van der Waals surface area contributed by atoms with E-state index in [1.165, 1.54) is 11.8 Å². The lowest BCUT2D eigenvalue weighted by Crippen LogP contribution is -2.52. The molecule has 2 aromatic carbocycles. The number of urea groups is 1. The molecule has 2 amide bonds. The van der Waals surface area contributed by atoms with Gasteiger partial charge in [-0.2, -0.15) is 0 Å². The molecule has 24 heavy (non-hydrogen) atoms. The van der Waals surface area contributed by atoms with Crippen LogP contribution in [-0.2, 0) is 0 Å². The molecule has 1 saturated heterocycles. The van der Waals surface area contributed by atoms with Crippen LogP contribution < -0.4 is 10.2 Å². The molecular weight excluding hydrogens is 305 g/mol. The van der Waals surface area contributed by atoms with Gasteiger partial charge in [-0.25, -0.2) is 9.18 Å². The van der Waals surface area contributed by atoms with Crippen molar-refractivity contribution in [2.75, 3.05) is 31.1 Å². The highest BCUT2D eigenvalue weighted by atomic mass is 19.1. The molecule has 3 rings (SSSR count). The second kappa shape index (κ2) is 7.34. The predicted molar refractivity (Wildman–Crippen MR) is 93.6 cm³/mol. The highest BCUT2D eigenvalue weighted by Gasteiger charge is 2.23. The second-order valence-corrected chi connectivity index (χ2v) is 6.00. The van der Waals surface area contributed by atoms with Crippen molar-refractivity contribution in [3.05, 3.63) is 66.0 Å². The van der Waals surface area contributed by atoms with E-state index in [1.807, 2.05) is 18.2 Å². The van der Waals surface area contributed by atoms with Crippen LogP contribution in [0, 0.1) is 5.82 Å². The topological polar surface area (TPSA) is 35.6 Å². The summed E-state index contributed by atoms with van der Waals surface area (Å²) in [6, 6.07) is 16.2. The molecule has 0 aromatic heterocycles. The summed E-state index contributed by atoms with van der Waals surface area (Å²) in [6.45, 7) is 4.71. The van der Waals surface area contributed by atoms with E-state index < -0.39 is 0 Å². The van der Waals surface area contributed by atoms with Gasteiger partial charge in [0.1, 0.15) is 5.82 Å². The van der Waals surface area contributed by atoms with Gasteiger partial charge in [-0.3, -0.25) is 0 Å². The molecule has 0 aliphatic carbocycles. The molecule has 1 aliphatic heterocycles. The van der Waals surface area contributed by atoms with Gasteiger partial charge in [-0.05, 0) is 25.1 Å². The number of carbonyl (C=O) groups is 1. The van der Waals surface area contributed by atoms with Crippen LogP contribution in [0.5, 0.6) is 0 Å². The SMILES string of the molecule is C[C@H](NC(=O)N1CCN(c2ccccc2)CC1)c1ccccc1F. The fraction of sp³-hybridized carbons (Fsp3) is 0.316. The summed E-state index contributed by atoms with van der Waals surface area (Å²) in [7, 11) is 0. The van der Waals surface area contributed by atoms with Crippen molar-refractivity contribution in [1.29, 1.82) is 0 Å². The summed E-state index contributed by atoms with van der Waals surface area (Å²) in [5.41, 5.74) is 1.69. The van der Waals surface area contributed by atoms with Crippen LogP contribution in [0.25, 0.3) is 0 Å². The standard InChI is InChI=1S/C19H22FN3O/c1-15(17-9-5-6-10-18(17)20)21-19(24)23-13-11-22(12-14-23)16-7-3-2-4-8-16/h2-10,15H,11-14H2,1H3,(H,21,24)/t15-/m0/s1. The van der Waals surface area contributed by atoms with Crippen molar-refractivity contribution in [2.45, 2.75) is 13.0 Å². The number of amides is 2. The molecule has 5 heteroatoms. The number of hydrogen-bond donors (Lipinski definition) is 1. The first kappa shape index (κ1) is 16.3. The van der Waals surface area contributed by atoms with Gasteiger partial charge in [0.15, 0.2) is 0 Å². The number of nitrogens with zero attached hydrogens (tertiary/aromatic N) is 2. The van der Waals surface area contributed by atoms with Crippen LogP contribution >= 0.6 is 0 Å². The summed E-state index contributed by atoms with van der Waals surface area (Å²) in [5.74, 6) is -0.292. The van der Waals surface area contributed by atoms with Gasteiger partial charge in [-0.15, -0.1) is 0 Å². The van der Waals surface area contributed by atoms with Crippen molar-refractivity contribution < 1.29 is 9.18 Å². The molecule has 0 bridgehead atoms. The Morgan fingerprint density at radius 2 is 1.62 bits per heavy atom. The molecule has 4 nitrogen and oxygen atoms in total. The van der Waals surface area contributed by atoms with Crippen LogP contribution in [0.1, 0.15) is 18.5 Å². The Balaban J connectivity index is 1.55. The quantitative estimate of drug-likeness (QED) is 0.937. The highest BCUT2D eigenvalue weighted by molar-refractivity contribution is 5.75. The van der Waals surface area contributed by atoms with Crippen LogP contribution in [0.4, 0.5) is 14.9 Å². The molecule has 1 fully saturated rings. The number of benzene rings is 2. The van der Waals surface area contributed by atoms with Gasteiger partial charge < -0.3 is 15.1 Å². The Bertz CT molecular complexity index is 684. The number of rotatable bonds is 3. The van der Waals surface area contributed by atoms with Crippen LogP contribution in [0.2, 0.25) is 0 Å². The largest absolute Gasteiger partial charge is 0.368 e. The maximum absolute atomic E-state index is 13.8. The van der Waals surface area contributed by atoms with E-state index in [1.54, 1.807) is 30.0 Å². The molecular formula is C19H22FN3O. The lowest BCUT2D eigenvalue weighted by Gasteiger charge is -2.36. The molecule has 0 spiro atoms. The monoisotopic (exact) mass is 327 g/mol. The highest BCUT2D eigenvalue weighted by Crippen LogP contribution is 2.18. The second-order valence-electron chi connectivity index (χ2n) is 6.00. The third kappa shape index (κ3) is 3.67. The summed E-state index contributed by atoms with van der Waals surface area (Å²) < 4.78 is 13.8. The Morgan fingerprint density at radius 1 is 1.00 bits per heavy atom. The number of piperazine rings is 1. The summed E-state index contributed by atoms with van der Waals surface area (Å²) in [4.78, 5) is 16.5. The first-order chi connectivity index (χ1) is 11.6. The van der Waals surface area contributed by atoms with Crippen LogP contribution in [0.3, 0.4) is 0 Å². The Kier molecular flexibility index (Phi) is 4.99. The van der Waals surface area contributed by atoms with E-state index in [4.69, 9.17) is 0 Å². The van der Waals surface area contributed by atoms with E-state index in [-0.39, 0.29) is 17.9 Å². The number of hydrogen-bond acceptors (Lipinski definition) is 2. The summed E-state index contributed by atoms with van der Waals surface area (Å²) in [6.07, 6.45) is 0. The normalized spacial score (nSPS) is 15.9. The van der Waals surface area contributed by atoms with Crippen LogP contribution in [-0.4, -0.2) is 37.1 Å². The Morgan fingerprint density at radius 3 is 2.29 bits per heavy atom. The maximum atomic E-state index is 13.8. The van der Waals surface area contributed by atoms with Crippen molar-refractivity contribution >= 4 is 11.7 Å². The average Bonchev–Trinajstić information content (AvgIpc) is 2.63. The third-order valence-electron chi connectivity index (χ3n) is 4.40. The van der Waals surface area contributed by atoms with Gasteiger partial charge in [-0.1, -0.05) is 36.4 Å².